The number of aromatic hydroxyl groups is 1. The van der Waals surface area contributed by atoms with Crippen molar-refractivity contribution in [2.24, 2.45) is 5.73 Å². The largest absolute Gasteiger partial charge is 0.507 e. The molecule has 0 saturated heterocycles. The third-order valence-corrected chi connectivity index (χ3v) is 5.73. The minimum Gasteiger partial charge on any atom is -0.507 e. The zero-order valence-corrected chi connectivity index (χ0v) is 16.6. The highest BCUT2D eigenvalue weighted by molar-refractivity contribution is 7.92. The molecule has 0 aliphatic heterocycles. The number of hydrogen-bond donors (Lipinski definition) is 4. The number of carbonyl (C=O) groups excluding carboxylic acids is 1. The van der Waals surface area contributed by atoms with Gasteiger partial charge in [0, 0.05) is 23.4 Å². The van der Waals surface area contributed by atoms with Gasteiger partial charge in [0.25, 0.3) is 10.0 Å². The molecule has 2 aromatic carbocycles. The maximum absolute atomic E-state index is 12.7. The molecule has 0 atom stereocenters. The second-order valence-corrected chi connectivity index (χ2v) is 8.13. The summed E-state index contributed by atoms with van der Waals surface area (Å²) in [4.78, 5) is 25.8. The fraction of sp³-hybridized carbons (Fsp3) is 0. The van der Waals surface area contributed by atoms with Gasteiger partial charge in [-0.2, -0.15) is 0 Å². The molecule has 11 heteroatoms. The van der Waals surface area contributed by atoms with Gasteiger partial charge in [-0.1, -0.05) is 23.7 Å². The molecule has 1 aromatic heterocycles. The lowest BCUT2D eigenvalue weighted by Gasteiger charge is -2.11. The second-order valence-electron chi connectivity index (χ2n) is 6.09. The normalized spacial score (nSPS) is 11.1. The molecule has 1 amide bonds. The number of benzene rings is 2. The highest BCUT2D eigenvalue weighted by Crippen LogP contribution is 2.30. The van der Waals surface area contributed by atoms with Crippen molar-refractivity contribution in [1.82, 2.24) is 4.98 Å². The minimum atomic E-state index is -4.14. The molecule has 3 rings (SSSR count). The van der Waals surface area contributed by atoms with Crippen molar-refractivity contribution in [3.63, 3.8) is 0 Å². The van der Waals surface area contributed by atoms with Crippen LogP contribution >= 0.6 is 11.6 Å². The van der Waals surface area contributed by atoms with E-state index in [0.29, 0.717) is 11.1 Å². The summed E-state index contributed by atoms with van der Waals surface area (Å²) in [6.07, 6.45) is 1.05. The maximum atomic E-state index is 12.7. The molecular weight excluding hydrogens is 434 g/mol. The SMILES string of the molecule is NC(=O)c1ccc(-c2cc(S(=O)(=O)Nc3ccc(C(=O)O)c(O)c3)cnc2Cl)cc1. The Bertz CT molecular complexity index is 1260. The van der Waals surface area contributed by atoms with Crippen LogP contribution < -0.4 is 10.5 Å². The van der Waals surface area contributed by atoms with E-state index in [0.717, 1.165) is 18.3 Å². The van der Waals surface area contributed by atoms with Crippen LogP contribution in [-0.4, -0.2) is 35.5 Å². The zero-order valence-electron chi connectivity index (χ0n) is 15.0. The summed E-state index contributed by atoms with van der Waals surface area (Å²) in [6.45, 7) is 0. The third kappa shape index (κ3) is 4.34. The number of nitrogens with one attached hydrogen (secondary N) is 1. The van der Waals surface area contributed by atoms with Crippen LogP contribution in [0.3, 0.4) is 0 Å². The van der Waals surface area contributed by atoms with Gasteiger partial charge in [0.15, 0.2) is 0 Å². The van der Waals surface area contributed by atoms with Gasteiger partial charge in [-0.05, 0) is 35.9 Å². The van der Waals surface area contributed by atoms with Gasteiger partial charge in [0.2, 0.25) is 5.91 Å². The first-order valence-electron chi connectivity index (χ1n) is 8.23. The second kappa shape index (κ2) is 8.01. The highest BCUT2D eigenvalue weighted by atomic mass is 35.5. The van der Waals surface area contributed by atoms with Crippen molar-refractivity contribution in [1.29, 1.82) is 0 Å². The first-order valence-corrected chi connectivity index (χ1v) is 10.1. The number of aromatic nitrogens is 1. The Hall–Kier alpha value is -3.63. The molecule has 0 fully saturated rings. The van der Waals surface area contributed by atoms with Crippen molar-refractivity contribution >= 4 is 39.2 Å². The van der Waals surface area contributed by atoms with Gasteiger partial charge in [-0.3, -0.25) is 9.52 Å². The van der Waals surface area contributed by atoms with Gasteiger partial charge < -0.3 is 15.9 Å². The van der Waals surface area contributed by atoms with E-state index in [1.165, 1.54) is 24.3 Å². The number of aromatic carboxylic acids is 1. The monoisotopic (exact) mass is 447 g/mol. The molecule has 5 N–H and O–H groups in total. The van der Waals surface area contributed by atoms with E-state index in [9.17, 15) is 23.1 Å². The summed E-state index contributed by atoms with van der Waals surface area (Å²) in [5.41, 5.74) is 5.89. The quantitative estimate of drug-likeness (QED) is 0.422. The topological polar surface area (TPSA) is 160 Å². The lowest BCUT2D eigenvalue weighted by molar-refractivity contribution is 0.0693. The van der Waals surface area contributed by atoms with Crippen LogP contribution in [0.1, 0.15) is 20.7 Å². The summed E-state index contributed by atoms with van der Waals surface area (Å²) in [5.74, 6) is -2.55. The van der Waals surface area contributed by atoms with Gasteiger partial charge in [-0.25, -0.2) is 18.2 Å². The molecule has 0 bridgehead atoms. The summed E-state index contributed by atoms with van der Waals surface area (Å²) in [5, 5.41) is 18.7. The zero-order chi connectivity index (χ0) is 22.1. The van der Waals surface area contributed by atoms with E-state index in [2.05, 4.69) is 9.71 Å². The Kier molecular flexibility index (Phi) is 5.63. The van der Waals surface area contributed by atoms with Crippen LogP contribution in [0.15, 0.2) is 59.6 Å². The molecule has 0 radical (unpaired) electrons. The number of amides is 1. The molecule has 154 valence electrons. The van der Waals surface area contributed by atoms with E-state index in [4.69, 9.17) is 22.4 Å². The molecular formula is C19H14ClN3O6S. The van der Waals surface area contributed by atoms with E-state index in [1.807, 2.05) is 0 Å². The summed E-state index contributed by atoms with van der Waals surface area (Å²) < 4.78 is 27.7. The fourth-order valence-corrected chi connectivity index (χ4v) is 3.81. The molecule has 3 aromatic rings. The molecule has 0 saturated carbocycles. The van der Waals surface area contributed by atoms with Crippen LogP contribution in [0.25, 0.3) is 11.1 Å². The predicted molar refractivity (Wildman–Crippen MR) is 109 cm³/mol. The van der Waals surface area contributed by atoms with Gasteiger partial charge >= 0.3 is 5.97 Å². The summed E-state index contributed by atoms with van der Waals surface area (Å²) >= 11 is 6.10. The number of carboxylic acids is 1. The number of nitrogens with zero attached hydrogens (tertiary/aromatic N) is 1. The van der Waals surface area contributed by atoms with E-state index in [1.54, 1.807) is 12.1 Å². The number of halogens is 1. The Morgan fingerprint density at radius 1 is 1.07 bits per heavy atom. The van der Waals surface area contributed by atoms with Gasteiger partial charge in [0.1, 0.15) is 21.4 Å². The van der Waals surface area contributed by atoms with Crippen molar-refractivity contribution in [3.8, 4) is 16.9 Å². The Balaban J connectivity index is 1.95. The fourth-order valence-electron chi connectivity index (χ4n) is 2.58. The number of phenols is 1. The van der Waals surface area contributed by atoms with Crippen molar-refractivity contribution in [2.75, 3.05) is 4.72 Å². The Morgan fingerprint density at radius 3 is 2.30 bits per heavy atom. The number of rotatable bonds is 6. The summed E-state index contributed by atoms with van der Waals surface area (Å²) in [7, 11) is -4.14. The van der Waals surface area contributed by atoms with E-state index < -0.39 is 27.6 Å². The smallest absolute Gasteiger partial charge is 0.339 e. The van der Waals surface area contributed by atoms with Gasteiger partial charge in [-0.15, -0.1) is 0 Å². The Labute approximate surface area is 175 Å². The molecule has 0 spiro atoms. The van der Waals surface area contributed by atoms with Crippen LogP contribution in [0.2, 0.25) is 5.15 Å². The number of sulfonamides is 1. The first kappa shape index (κ1) is 21.1. The molecule has 0 aliphatic carbocycles. The standard InChI is InChI=1S/C19H14ClN3O6S/c20-17-15(10-1-3-11(4-2-10)18(21)25)8-13(9-22-17)30(28,29)23-12-5-6-14(19(26)27)16(24)7-12/h1-9,23-24H,(H2,21,25)(H,26,27). The van der Waals surface area contributed by atoms with Crippen LogP contribution in [-0.2, 0) is 10.0 Å². The number of pyridine rings is 1. The first-order chi connectivity index (χ1) is 14.1. The number of nitrogens with two attached hydrogens (primary N) is 1. The molecule has 0 unspecified atom stereocenters. The summed E-state index contributed by atoms with van der Waals surface area (Å²) in [6, 6.07) is 10.6. The lowest BCUT2D eigenvalue weighted by atomic mass is 10.1. The molecule has 30 heavy (non-hydrogen) atoms. The van der Waals surface area contributed by atoms with E-state index >= 15 is 0 Å². The third-order valence-electron chi connectivity index (χ3n) is 4.09. The van der Waals surface area contributed by atoms with Crippen molar-refractivity contribution in [3.05, 3.63) is 71.0 Å². The number of carbonyl (C=O) groups is 2. The number of hydrogen-bond acceptors (Lipinski definition) is 6. The van der Waals surface area contributed by atoms with Crippen LogP contribution in [0.4, 0.5) is 5.69 Å². The lowest BCUT2D eigenvalue weighted by Crippen LogP contribution is -2.14. The highest BCUT2D eigenvalue weighted by Gasteiger charge is 2.19. The van der Waals surface area contributed by atoms with Crippen LogP contribution in [0, 0.1) is 0 Å². The van der Waals surface area contributed by atoms with Gasteiger partial charge in [0.05, 0.1) is 5.69 Å². The Morgan fingerprint density at radius 2 is 1.73 bits per heavy atom. The number of anilines is 1. The maximum Gasteiger partial charge on any atom is 0.339 e. The predicted octanol–water partition coefficient (Wildman–Crippen LogP) is 2.71. The van der Waals surface area contributed by atoms with Crippen molar-refractivity contribution < 1.29 is 28.2 Å². The average Bonchev–Trinajstić information content (AvgIpc) is 2.67. The molecule has 9 nitrogen and oxygen atoms in total. The number of carboxylic acid groups (broad SMARTS) is 1. The molecule has 0 aliphatic rings. The van der Waals surface area contributed by atoms with E-state index in [-0.39, 0.29) is 26.9 Å². The number of primary amides is 1. The minimum absolute atomic E-state index is 0.0418. The van der Waals surface area contributed by atoms with Crippen LogP contribution in [0.5, 0.6) is 5.75 Å². The van der Waals surface area contributed by atoms with Crippen molar-refractivity contribution in [2.45, 2.75) is 4.90 Å². The molecule has 1 heterocycles. The average molecular weight is 448 g/mol.